The van der Waals surface area contributed by atoms with Crippen molar-refractivity contribution in [2.24, 2.45) is 16.9 Å². The molecule has 0 heterocycles. The molecule has 1 amide bonds. The van der Waals surface area contributed by atoms with Gasteiger partial charge in [0.15, 0.2) is 0 Å². The van der Waals surface area contributed by atoms with Gasteiger partial charge in [0.1, 0.15) is 0 Å². The lowest BCUT2D eigenvalue weighted by atomic mass is 9.80. The van der Waals surface area contributed by atoms with Crippen molar-refractivity contribution in [2.45, 2.75) is 39.7 Å². The Balaban J connectivity index is 2.34. The van der Waals surface area contributed by atoms with E-state index in [4.69, 9.17) is 11.5 Å². The first-order valence-corrected chi connectivity index (χ1v) is 7.32. The minimum Gasteiger partial charge on any atom is -0.370 e. The number of fused-ring (bicyclic) bond motifs is 1. The molecule has 2 aromatic carbocycles. The number of nitrogens with two attached hydrogens (primary N) is 2. The third kappa shape index (κ3) is 3.61. The molecular weight excluding hydrogens is 260 g/mol. The third-order valence-corrected chi connectivity index (χ3v) is 4.00. The number of hydrogen-bond acceptors (Lipinski definition) is 2. The number of hydrogen-bond donors (Lipinski definition) is 2. The first-order chi connectivity index (χ1) is 9.80. The van der Waals surface area contributed by atoms with Crippen molar-refractivity contribution in [1.82, 2.24) is 0 Å². The zero-order valence-electron chi connectivity index (χ0n) is 13.0. The van der Waals surface area contributed by atoms with E-state index in [1.807, 2.05) is 26.0 Å². The average molecular weight is 284 g/mol. The molecule has 0 fully saturated rings. The van der Waals surface area contributed by atoms with Crippen LogP contribution < -0.4 is 11.5 Å². The summed E-state index contributed by atoms with van der Waals surface area (Å²) in [7, 11) is 0. The van der Waals surface area contributed by atoms with Crippen LogP contribution in [0.2, 0.25) is 0 Å². The second kappa shape index (κ2) is 5.86. The van der Waals surface area contributed by atoms with E-state index in [2.05, 4.69) is 31.2 Å². The third-order valence-electron chi connectivity index (χ3n) is 4.00. The zero-order valence-corrected chi connectivity index (χ0v) is 13.0. The quantitative estimate of drug-likeness (QED) is 0.883. The number of rotatable bonds is 5. The van der Waals surface area contributed by atoms with Gasteiger partial charge >= 0.3 is 0 Å². The molecule has 1 unspecified atom stereocenters. The van der Waals surface area contributed by atoms with E-state index in [-0.39, 0.29) is 17.4 Å². The number of benzene rings is 2. The molecule has 1 atom stereocenters. The highest BCUT2D eigenvalue weighted by Gasteiger charge is 2.25. The summed E-state index contributed by atoms with van der Waals surface area (Å²) in [4.78, 5) is 11.2. The van der Waals surface area contributed by atoms with Gasteiger partial charge in [-0.2, -0.15) is 0 Å². The number of aryl methyl sites for hydroxylation is 1. The summed E-state index contributed by atoms with van der Waals surface area (Å²) in [5, 5.41) is 2.43. The molecule has 0 bridgehead atoms. The lowest BCUT2D eigenvalue weighted by Crippen LogP contribution is -2.27. The van der Waals surface area contributed by atoms with Crippen LogP contribution in [0.15, 0.2) is 36.4 Å². The molecule has 112 valence electrons. The topological polar surface area (TPSA) is 69.1 Å². The Kier molecular flexibility index (Phi) is 4.33. The van der Waals surface area contributed by atoms with Crippen LogP contribution in [0.25, 0.3) is 10.8 Å². The van der Waals surface area contributed by atoms with E-state index in [1.165, 1.54) is 16.3 Å². The Morgan fingerprint density at radius 3 is 2.38 bits per heavy atom. The molecule has 0 aromatic heterocycles. The van der Waals surface area contributed by atoms with Crippen LogP contribution in [0.3, 0.4) is 0 Å². The second-order valence-corrected chi connectivity index (χ2v) is 6.64. The van der Waals surface area contributed by atoms with E-state index < -0.39 is 0 Å². The van der Waals surface area contributed by atoms with Crippen LogP contribution in [-0.4, -0.2) is 5.91 Å². The van der Waals surface area contributed by atoms with Gasteiger partial charge in [0.2, 0.25) is 5.91 Å². The normalized spacial score (nSPS) is 13.3. The summed E-state index contributed by atoms with van der Waals surface area (Å²) in [6.45, 7) is 6.18. The van der Waals surface area contributed by atoms with E-state index in [0.717, 1.165) is 12.0 Å². The molecule has 2 rings (SSSR count). The van der Waals surface area contributed by atoms with Gasteiger partial charge in [0.25, 0.3) is 0 Å². The lowest BCUT2D eigenvalue weighted by molar-refractivity contribution is -0.120. The summed E-state index contributed by atoms with van der Waals surface area (Å²) in [6.07, 6.45) is 1.08. The van der Waals surface area contributed by atoms with Crippen LogP contribution in [0.5, 0.6) is 0 Å². The summed E-state index contributed by atoms with van der Waals surface area (Å²) in [5.41, 5.74) is 13.9. The zero-order chi connectivity index (χ0) is 15.6. The van der Waals surface area contributed by atoms with Crippen molar-refractivity contribution in [3.05, 3.63) is 47.5 Å². The van der Waals surface area contributed by atoms with Crippen LogP contribution in [0.4, 0.5) is 0 Å². The summed E-state index contributed by atoms with van der Waals surface area (Å²) >= 11 is 0. The summed E-state index contributed by atoms with van der Waals surface area (Å²) in [6, 6.07) is 12.4. The Labute approximate surface area is 126 Å². The molecule has 0 aliphatic carbocycles. The van der Waals surface area contributed by atoms with Gasteiger partial charge in [-0.1, -0.05) is 50.2 Å². The highest BCUT2D eigenvalue weighted by atomic mass is 16.1. The first kappa shape index (κ1) is 15.5. The number of amides is 1. The summed E-state index contributed by atoms with van der Waals surface area (Å²) < 4.78 is 0. The van der Waals surface area contributed by atoms with Crippen LogP contribution in [0.1, 0.15) is 43.9 Å². The predicted octanol–water partition coefficient (Wildman–Crippen LogP) is 3.44. The number of primary amides is 1. The van der Waals surface area contributed by atoms with E-state index in [9.17, 15) is 4.79 Å². The van der Waals surface area contributed by atoms with E-state index in [1.54, 1.807) is 0 Å². The molecule has 0 radical (unpaired) electrons. The van der Waals surface area contributed by atoms with Gasteiger partial charge in [-0.15, -0.1) is 0 Å². The Morgan fingerprint density at radius 1 is 1.14 bits per heavy atom. The highest BCUT2D eigenvalue weighted by Crippen LogP contribution is 2.34. The lowest BCUT2D eigenvalue weighted by Gasteiger charge is -2.27. The van der Waals surface area contributed by atoms with Crippen molar-refractivity contribution < 1.29 is 4.79 Å². The molecule has 0 aliphatic rings. The van der Waals surface area contributed by atoms with Gasteiger partial charge in [0, 0.05) is 12.5 Å². The van der Waals surface area contributed by atoms with Gasteiger partial charge in [0.05, 0.1) is 0 Å². The smallest absolute Gasteiger partial charge is 0.217 e. The maximum atomic E-state index is 11.2. The molecule has 21 heavy (non-hydrogen) atoms. The van der Waals surface area contributed by atoms with E-state index in [0.29, 0.717) is 6.42 Å². The fourth-order valence-corrected chi connectivity index (χ4v) is 3.05. The van der Waals surface area contributed by atoms with Crippen molar-refractivity contribution in [2.75, 3.05) is 0 Å². The molecule has 0 saturated heterocycles. The number of carbonyl (C=O) groups excluding carboxylic acids is 1. The average Bonchev–Trinajstić information content (AvgIpc) is 2.37. The van der Waals surface area contributed by atoms with Crippen molar-refractivity contribution in [1.29, 1.82) is 0 Å². The molecule has 0 spiro atoms. The van der Waals surface area contributed by atoms with Crippen LogP contribution >= 0.6 is 0 Å². The second-order valence-electron chi connectivity index (χ2n) is 6.64. The molecule has 3 heteroatoms. The van der Waals surface area contributed by atoms with Crippen molar-refractivity contribution in [3.8, 4) is 0 Å². The molecule has 0 aliphatic heterocycles. The summed E-state index contributed by atoms with van der Waals surface area (Å²) in [5.74, 6) is -0.277. The SMILES string of the molecule is Cc1ccc(C(N)CC(C)(C)CC(N)=O)c2ccccc12. The van der Waals surface area contributed by atoms with Gasteiger partial charge in [-0.3, -0.25) is 4.79 Å². The molecule has 2 aromatic rings. The maximum absolute atomic E-state index is 11.2. The fraction of sp³-hybridized carbons (Fsp3) is 0.389. The van der Waals surface area contributed by atoms with Crippen LogP contribution in [0, 0.1) is 12.3 Å². The monoisotopic (exact) mass is 284 g/mol. The molecule has 3 nitrogen and oxygen atoms in total. The molecule has 4 N–H and O–H groups in total. The minimum atomic E-state index is -0.277. The van der Waals surface area contributed by atoms with Gasteiger partial charge < -0.3 is 11.5 Å². The highest BCUT2D eigenvalue weighted by molar-refractivity contribution is 5.88. The molecular formula is C18H24N2O. The van der Waals surface area contributed by atoms with E-state index >= 15 is 0 Å². The predicted molar refractivity (Wildman–Crippen MR) is 87.8 cm³/mol. The largest absolute Gasteiger partial charge is 0.370 e. The van der Waals surface area contributed by atoms with Gasteiger partial charge in [-0.25, -0.2) is 0 Å². The van der Waals surface area contributed by atoms with Crippen LogP contribution in [-0.2, 0) is 4.79 Å². The van der Waals surface area contributed by atoms with Crippen molar-refractivity contribution >= 4 is 16.7 Å². The Morgan fingerprint density at radius 2 is 1.76 bits per heavy atom. The maximum Gasteiger partial charge on any atom is 0.217 e. The molecule has 0 saturated carbocycles. The fourth-order valence-electron chi connectivity index (χ4n) is 3.05. The standard InChI is InChI=1S/C18H24N2O/c1-12-8-9-15(14-7-5-4-6-13(12)14)16(19)10-18(2,3)11-17(20)21/h4-9,16H,10-11,19H2,1-3H3,(H2,20,21). The minimum absolute atomic E-state index is 0.107. The number of carbonyl (C=O) groups is 1. The Bertz CT molecular complexity index is 661. The Hall–Kier alpha value is -1.87. The first-order valence-electron chi connectivity index (χ1n) is 7.32. The van der Waals surface area contributed by atoms with Crippen molar-refractivity contribution in [3.63, 3.8) is 0 Å². The van der Waals surface area contributed by atoms with Gasteiger partial charge in [-0.05, 0) is 40.7 Å².